The summed E-state index contributed by atoms with van der Waals surface area (Å²) >= 11 is 0. The molecule has 0 radical (unpaired) electrons. The van der Waals surface area contributed by atoms with E-state index in [1.165, 1.54) is 0 Å². The van der Waals surface area contributed by atoms with E-state index >= 15 is 0 Å². The van der Waals surface area contributed by atoms with Gasteiger partial charge in [-0.2, -0.15) is 18.3 Å². The summed E-state index contributed by atoms with van der Waals surface area (Å²) < 4.78 is 53.9. The molecular formula is C16H19ClF4N4O. The smallest absolute Gasteiger partial charge is 0.351 e. The Morgan fingerprint density at radius 2 is 1.81 bits per heavy atom. The Balaban J connectivity index is 0.00000338. The molecule has 0 aliphatic carbocycles. The lowest BCUT2D eigenvalue weighted by atomic mass is 10.2. The first kappa shape index (κ1) is 21.9. The SMILES string of the molecule is CCCNCCNC(=O)c1cnn(-c2ccc(F)cc2)c1C(F)(F)F.Cl. The fourth-order valence-corrected chi connectivity index (χ4v) is 2.23. The summed E-state index contributed by atoms with van der Waals surface area (Å²) in [4.78, 5) is 12.1. The van der Waals surface area contributed by atoms with Crippen molar-refractivity contribution in [1.29, 1.82) is 0 Å². The molecule has 2 N–H and O–H groups in total. The van der Waals surface area contributed by atoms with Crippen molar-refractivity contribution in [3.8, 4) is 5.69 Å². The van der Waals surface area contributed by atoms with Crippen LogP contribution in [0.3, 0.4) is 0 Å². The van der Waals surface area contributed by atoms with Crippen molar-refractivity contribution in [2.75, 3.05) is 19.6 Å². The first-order valence-electron chi connectivity index (χ1n) is 7.74. The van der Waals surface area contributed by atoms with E-state index in [4.69, 9.17) is 0 Å². The summed E-state index contributed by atoms with van der Waals surface area (Å²) in [5.41, 5.74) is -1.76. The number of halogens is 5. The molecule has 0 unspecified atom stereocenters. The molecule has 0 aliphatic heterocycles. The lowest BCUT2D eigenvalue weighted by molar-refractivity contribution is -0.143. The van der Waals surface area contributed by atoms with Gasteiger partial charge in [0.05, 0.1) is 17.4 Å². The van der Waals surface area contributed by atoms with Gasteiger partial charge >= 0.3 is 6.18 Å². The van der Waals surface area contributed by atoms with Crippen LogP contribution in [0.25, 0.3) is 5.69 Å². The van der Waals surface area contributed by atoms with Gasteiger partial charge in [0.2, 0.25) is 0 Å². The first-order valence-corrected chi connectivity index (χ1v) is 7.74. The number of benzene rings is 1. The van der Waals surface area contributed by atoms with Gasteiger partial charge in [0.1, 0.15) is 5.82 Å². The minimum Gasteiger partial charge on any atom is -0.351 e. The molecule has 144 valence electrons. The molecule has 0 fully saturated rings. The molecule has 0 spiro atoms. The molecule has 2 rings (SSSR count). The molecule has 0 atom stereocenters. The molecule has 1 heterocycles. The molecular weight excluding hydrogens is 376 g/mol. The highest BCUT2D eigenvalue weighted by Crippen LogP contribution is 2.33. The highest BCUT2D eigenvalue weighted by molar-refractivity contribution is 5.95. The molecule has 26 heavy (non-hydrogen) atoms. The van der Waals surface area contributed by atoms with Crippen molar-refractivity contribution >= 4 is 18.3 Å². The zero-order chi connectivity index (χ0) is 18.4. The van der Waals surface area contributed by atoms with Crippen LogP contribution < -0.4 is 10.6 Å². The number of hydrogen-bond donors (Lipinski definition) is 2. The van der Waals surface area contributed by atoms with Crippen LogP contribution in [0.5, 0.6) is 0 Å². The van der Waals surface area contributed by atoms with Gasteiger partial charge in [-0.3, -0.25) is 4.79 Å². The Labute approximate surface area is 154 Å². The molecule has 1 aromatic heterocycles. The topological polar surface area (TPSA) is 58.9 Å². The van der Waals surface area contributed by atoms with Crippen molar-refractivity contribution < 1.29 is 22.4 Å². The van der Waals surface area contributed by atoms with Crippen molar-refractivity contribution in [2.45, 2.75) is 19.5 Å². The molecule has 1 amide bonds. The van der Waals surface area contributed by atoms with E-state index in [0.717, 1.165) is 43.4 Å². The summed E-state index contributed by atoms with van der Waals surface area (Å²) in [7, 11) is 0. The second-order valence-electron chi connectivity index (χ2n) is 5.30. The predicted octanol–water partition coefficient (Wildman–Crippen LogP) is 3.18. The maximum atomic E-state index is 13.4. The minimum absolute atomic E-state index is 0. The Bertz CT molecular complexity index is 716. The van der Waals surface area contributed by atoms with Gasteiger partial charge in [-0.15, -0.1) is 12.4 Å². The second kappa shape index (κ2) is 9.54. The van der Waals surface area contributed by atoms with E-state index in [9.17, 15) is 22.4 Å². The van der Waals surface area contributed by atoms with E-state index in [1.54, 1.807) is 0 Å². The lowest BCUT2D eigenvalue weighted by Crippen LogP contribution is -2.33. The maximum Gasteiger partial charge on any atom is 0.434 e. The van der Waals surface area contributed by atoms with E-state index in [1.807, 2.05) is 6.92 Å². The average Bonchev–Trinajstić information content (AvgIpc) is 3.00. The summed E-state index contributed by atoms with van der Waals surface area (Å²) in [6.07, 6.45) is -3.02. The number of carbonyl (C=O) groups excluding carboxylic acids is 1. The largest absolute Gasteiger partial charge is 0.434 e. The van der Waals surface area contributed by atoms with Gasteiger partial charge in [0, 0.05) is 13.1 Å². The maximum absolute atomic E-state index is 13.4. The fourth-order valence-electron chi connectivity index (χ4n) is 2.23. The second-order valence-corrected chi connectivity index (χ2v) is 5.30. The molecule has 10 heteroatoms. The van der Waals surface area contributed by atoms with E-state index in [-0.39, 0.29) is 24.6 Å². The van der Waals surface area contributed by atoms with Crippen LogP contribution in [-0.4, -0.2) is 35.3 Å². The van der Waals surface area contributed by atoms with Crippen molar-refractivity contribution in [3.05, 3.63) is 47.5 Å². The third-order valence-electron chi connectivity index (χ3n) is 3.37. The average molecular weight is 395 g/mol. The number of alkyl halides is 3. The first-order chi connectivity index (χ1) is 11.8. The standard InChI is InChI=1S/C16H18F4N4O.ClH/c1-2-7-21-8-9-22-15(25)13-10-23-24(14(13)16(18,19)20)12-5-3-11(17)4-6-12;/h3-6,10,21H,2,7-9H2,1H3,(H,22,25);1H. The number of hydrogen-bond acceptors (Lipinski definition) is 3. The van der Waals surface area contributed by atoms with E-state index in [2.05, 4.69) is 15.7 Å². The number of aromatic nitrogens is 2. The molecule has 0 saturated carbocycles. The molecule has 2 aromatic rings. The van der Waals surface area contributed by atoms with Gasteiger partial charge in [-0.05, 0) is 37.2 Å². The molecule has 1 aromatic carbocycles. The minimum atomic E-state index is -4.79. The lowest BCUT2D eigenvalue weighted by Gasteiger charge is -2.13. The van der Waals surface area contributed by atoms with Crippen LogP contribution >= 0.6 is 12.4 Å². The molecule has 5 nitrogen and oxygen atoms in total. The van der Waals surface area contributed by atoms with Crippen LogP contribution in [0.2, 0.25) is 0 Å². The van der Waals surface area contributed by atoms with E-state index < -0.39 is 29.2 Å². The summed E-state index contributed by atoms with van der Waals surface area (Å²) in [5.74, 6) is -1.44. The summed E-state index contributed by atoms with van der Waals surface area (Å²) in [5, 5.41) is 9.12. The van der Waals surface area contributed by atoms with Crippen LogP contribution in [0.15, 0.2) is 30.5 Å². The number of nitrogens with zero attached hydrogens (tertiary/aromatic N) is 2. The zero-order valence-corrected chi connectivity index (χ0v) is 14.8. The third kappa shape index (κ3) is 5.43. The monoisotopic (exact) mass is 394 g/mol. The fraction of sp³-hybridized carbons (Fsp3) is 0.375. The zero-order valence-electron chi connectivity index (χ0n) is 13.9. The Morgan fingerprint density at radius 1 is 1.15 bits per heavy atom. The Hall–Kier alpha value is -2.13. The predicted molar refractivity (Wildman–Crippen MR) is 91.3 cm³/mol. The van der Waals surface area contributed by atoms with Gasteiger partial charge in [0.15, 0.2) is 5.69 Å². The van der Waals surface area contributed by atoms with E-state index in [0.29, 0.717) is 11.2 Å². The summed E-state index contributed by atoms with van der Waals surface area (Å²) in [6, 6.07) is 4.37. The normalized spacial score (nSPS) is 11.1. The van der Waals surface area contributed by atoms with Crippen LogP contribution in [0.4, 0.5) is 17.6 Å². The number of carbonyl (C=O) groups is 1. The number of nitrogens with one attached hydrogen (secondary N) is 2. The van der Waals surface area contributed by atoms with Crippen molar-refractivity contribution in [2.24, 2.45) is 0 Å². The Morgan fingerprint density at radius 3 is 2.38 bits per heavy atom. The number of rotatable bonds is 7. The third-order valence-corrected chi connectivity index (χ3v) is 3.37. The van der Waals surface area contributed by atoms with Gasteiger partial charge in [0.25, 0.3) is 5.91 Å². The van der Waals surface area contributed by atoms with Crippen molar-refractivity contribution in [3.63, 3.8) is 0 Å². The van der Waals surface area contributed by atoms with Crippen LogP contribution in [-0.2, 0) is 6.18 Å². The van der Waals surface area contributed by atoms with Crippen molar-refractivity contribution in [1.82, 2.24) is 20.4 Å². The molecule has 0 aliphatic rings. The highest BCUT2D eigenvalue weighted by atomic mass is 35.5. The molecule has 0 saturated heterocycles. The molecule has 0 bridgehead atoms. The van der Waals surface area contributed by atoms with Crippen LogP contribution in [0, 0.1) is 5.82 Å². The summed E-state index contributed by atoms with van der Waals surface area (Å²) in [6.45, 7) is 3.38. The highest BCUT2D eigenvalue weighted by Gasteiger charge is 2.40. The van der Waals surface area contributed by atoms with Crippen LogP contribution in [0.1, 0.15) is 29.4 Å². The number of amides is 1. The van der Waals surface area contributed by atoms with Gasteiger partial charge in [-0.1, -0.05) is 6.92 Å². The van der Waals surface area contributed by atoms with Gasteiger partial charge in [-0.25, -0.2) is 9.07 Å². The Kier molecular flexibility index (Phi) is 8.04. The quantitative estimate of drug-likeness (QED) is 0.560. The van der Waals surface area contributed by atoms with Gasteiger partial charge < -0.3 is 10.6 Å².